The molecule has 0 spiro atoms. The van der Waals surface area contributed by atoms with Gasteiger partial charge in [-0.05, 0) is 70.7 Å². The van der Waals surface area contributed by atoms with Gasteiger partial charge in [0.1, 0.15) is 5.54 Å². The summed E-state index contributed by atoms with van der Waals surface area (Å²) >= 11 is 6.28. The highest BCUT2D eigenvalue weighted by molar-refractivity contribution is 6.31. The van der Waals surface area contributed by atoms with E-state index in [9.17, 15) is 19.5 Å². The average molecular weight is 523 g/mol. The molecule has 0 saturated carbocycles. The van der Waals surface area contributed by atoms with E-state index in [2.05, 4.69) is 35.4 Å². The molecule has 2 fully saturated rings. The second kappa shape index (κ2) is 11.4. The molecule has 2 aliphatic heterocycles. The number of hydrogen-bond donors (Lipinski definition) is 3. The Morgan fingerprint density at radius 3 is 2.58 bits per heavy atom. The Balaban J connectivity index is 1.59. The standard InChI is InChI=1S/C26H39ClN4O5/c1-6-18-15-19(7-8-20(18)27)31-14-13-30(16-17(31)2)21(32)9-11-26(23(34)28-24(35)29-26)12-10-22(33)36-25(3,4)5/h7-8,15,17,22,33H,6,9-14,16H2,1-5H3,(H2,28,29,34,35)/t17-,22?,26?/m0/s1. The molecule has 0 bridgehead atoms. The summed E-state index contributed by atoms with van der Waals surface area (Å²) in [5.74, 6) is -0.539. The van der Waals surface area contributed by atoms with Crippen LogP contribution in [0.15, 0.2) is 18.2 Å². The maximum Gasteiger partial charge on any atom is 0.322 e. The van der Waals surface area contributed by atoms with Gasteiger partial charge in [-0.15, -0.1) is 0 Å². The first-order valence-corrected chi connectivity index (χ1v) is 13.0. The van der Waals surface area contributed by atoms with Crippen LogP contribution in [-0.2, 0) is 20.7 Å². The summed E-state index contributed by atoms with van der Waals surface area (Å²) in [5.41, 5.74) is 0.394. The number of carbonyl (C=O) groups excluding carboxylic acids is 3. The summed E-state index contributed by atoms with van der Waals surface area (Å²) in [6.45, 7) is 11.5. The number of anilines is 1. The second-order valence-electron chi connectivity index (χ2n) is 10.7. The van der Waals surface area contributed by atoms with Gasteiger partial charge in [-0.1, -0.05) is 18.5 Å². The SMILES string of the molecule is CCc1cc(N2CCN(C(=O)CCC3(CCC(O)OC(C)(C)C)NC(=O)NC3=O)C[C@@H]2C)ccc1Cl. The van der Waals surface area contributed by atoms with Crippen LogP contribution in [0.3, 0.4) is 0 Å². The predicted molar refractivity (Wildman–Crippen MR) is 139 cm³/mol. The zero-order valence-corrected chi connectivity index (χ0v) is 22.7. The largest absolute Gasteiger partial charge is 0.368 e. The molecule has 9 nitrogen and oxygen atoms in total. The minimum atomic E-state index is -1.25. The molecule has 0 radical (unpaired) electrons. The van der Waals surface area contributed by atoms with Crippen LogP contribution in [0.5, 0.6) is 0 Å². The quantitative estimate of drug-likeness (QED) is 0.339. The highest BCUT2D eigenvalue weighted by Gasteiger charge is 2.46. The van der Waals surface area contributed by atoms with Crippen molar-refractivity contribution in [2.75, 3.05) is 24.5 Å². The van der Waals surface area contributed by atoms with Gasteiger partial charge >= 0.3 is 6.03 Å². The first kappa shape index (κ1) is 28.2. The van der Waals surface area contributed by atoms with Gasteiger partial charge in [0.2, 0.25) is 5.91 Å². The third kappa shape index (κ3) is 6.89. The molecule has 3 rings (SSSR count). The number of aryl methyl sites for hydroxylation is 1. The molecular formula is C26H39ClN4O5. The minimum absolute atomic E-state index is 0.0633. The maximum atomic E-state index is 13.1. The number of aliphatic hydroxyl groups is 1. The Labute approximate surface area is 218 Å². The number of carbonyl (C=O) groups is 3. The van der Waals surface area contributed by atoms with Gasteiger partial charge in [-0.3, -0.25) is 14.9 Å². The van der Waals surface area contributed by atoms with Gasteiger partial charge in [0.25, 0.3) is 5.91 Å². The summed E-state index contributed by atoms with van der Waals surface area (Å²) in [4.78, 5) is 41.8. The average Bonchev–Trinajstić information content (AvgIpc) is 3.08. The monoisotopic (exact) mass is 522 g/mol. The van der Waals surface area contributed by atoms with Crippen LogP contribution >= 0.6 is 11.6 Å². The second-order valence-corrected chi connectivity index (χ2v) is 11.1. The highest BCUT2D eigenvalue weighted by Crippen LogP contribution is 2.29. The van der Waals surface area contributed by atoms with E-state index in [1.54, 1.807) is 0 Å². The molecule has 3 N–H and O–H groups in total. The van der Waals surface area contributed by atoms with Crippen molar-refractivity contribution >= 4 is 35.1 Å². The maximum absolute atomic E-state index is 13.1. The fraction of sp³-hybridized carbons (Fsp3) is 0.654. The number of rotatable bonds is 9. The third-order valence-electron chi connectivity index (χ3n) is 6.81. The molecule has 200 valence electrons. The molecule has 1 aromatic rings. The van der Waals surface area contributed by atoms with E-state index in [1.165, 1.54) is 0 Å². The molecular weight excluding hydrogens is 484 g/mol. The fourth-order valence-corrected chi connectivity index (χ4v) is 5.15. The van der Waals surface area contributed by atoms with Gasteiger partial charge in [0, 0.05) is 49.2 Å². The molecule has 1 aromatic carbocycles. The van der Waals surface area contributed by atoms with Crippen molar-refractivity contribution in [1.82, 2.24) is 15.5 Å². The lowest BCUT2D eigenvalue weighted by molar-refractivity contribution is -0.170. The van der Waals surface area contributed by atoms with E-state index < -0.39 is 29.4 Å². The van der Waals surface area contributed by atoms with Crippen LogP contribution in [0, 0.1) is 0 Å². The Hall–Kier alpha value is -2.36. The topological polar surface area (TPSA) is 111 Å². The van der Waals surface area contributed by atoms with E-state index in [0.29, 0.717) is 19.6 Å². The third-order valence-corrected chi connectivity index (χ3v) is 7.18. The van der Waals surface area contributed by atoms with Gasteiger partial charge in [0.15, 0.2) is 6.29 Å². The van der Waals surface area contributed by atoms with Crippen LogP contribution < -0.4 is 15.5 Å². The molecule has 2 saturated heterocycles. The number of ether oxygens (including phenoxy) is 1. The van der Waals surface area contributed by atoms with Crippen LogP contribution in [0.2, 0.25) is 5.02 Å². The van der Waals surface area contributed by atoms with E-state index in [0.717, 1.165) is 22.7 Å². The molecule has 4 amide bonds. The predicted octanol–water partition coefficient (Wildman–Crippen LogP) is 3.21. The van der Waals surface area contributed by atoms with Crippen LogP contribution in [-0.4, -0.2) is 71.0 Å². The summed E-state index contributed by atoms with van der Waals surface area (Å²) in [7, 11) is 0. The van der Waals surface area contributed by atoms with E-state index in [1.807, 2.05) is 37.8 Å². The molecule has 10 heteroatoms. The fourth-order valence-electron chi connectivity index (χ4n) is 4.90. The van der Waals surface area contributed by atoms with Gasteiger partial charge < -0.3 is 25.0 Å². The summed E-state index contributed by atoms with van der Waals surface area (Å²) in [6.07, 6.45) is 0.336. The molecule has 36 heavy (non-hydrogen) atoms. The number of nitrogens with zero attached hydrogens (tertiary/aromatic N) is 2. The Kier molecular flexibility index (Phi) is 8.90. The number of aliphatic hydroxyl groups excluding tert-OH is 1. The Bertz CT molecular complexity index is 982. The van der Waals surface area contributed by atoms with Crippen molar-refractivity contribution in [2.24, 2.45) is 0 Å². The lowest BCUT2D eigenvalue weighted by Crippen LogP contribution is -2.54. The first-order chi connectivity index (χ1) is 16.8. The van der Waals surface area contributed by atoms with E-state index in [4.69, 9.17) is 16.3 Å². The zero-order valence-electron chi connectivity index (χ0n) is 21.9. The molecule has 2 aliphatic rings. The Morgan fingerprint density at radius 2 is 2.00 bits per heavy atom. The van der Waals surface area contributed by atoms with Crippen LogP contribution in [0.4, 0.5) is 10.5 Å². The molecule has 3 atom stereocenters. The number of piperazine rings is 1. The number of amides is 4. The number of benzene rings is 1. The number of urea groups is 1. The summed E-state index contributed by atoms with van der Waals surface area (Å²) in [5, 5.41) is 16.0. The lowest BCUT2D eigenvalue weighted by Gasteiger charge is -2.41. The molecule has 0 aromatic heterocycles. The number of imide groups is 1. The van der Waals surface area contributed by atoms with Gasteiger partial charge in [-0.25, -0.2) is 4.79 Å². The lowest BCUT2D eigenvalue weighted by atomic mass is 9.87. The molecule has 2 heterocycles. The first-order valence-electron chi connectivity index (χ1n) is 12.7. The van der Waals surface area contributed by atoms with Crippen molar-refractivity contribution in [3.8, 4) is 0 Å². The summed E-state index contributed by atoms with van der Waals surface area (Å²) < 4.78 is 5.53. The smallest absolute Gasteiger partial charge is 0.322 e. The summed E-state index contributed by atoms with van der Waals surface area (Å²) in [6, 6.07) is 5.57. The number of nitrogens with one attached hydrogen (secondary N) is 2. The van der Waals surface area contributed by atoms with Crippen molar-refractivity contribution in [3.05, 3.63) is 28.8 Å². The number of halogens is 1. The molecule has 0 aliphatic carbocycles. The highest BCUT2D eigenvalue weighted by atomic mass is 35.5. The van der Waals surface area contributed by atoms with E-state index in [-0.39, 0.29) is 37.6 Å². The van der Waals surface area contributed by atoms with Gasteiger partial charge in [-0.2, -0.15) is 0 Å². The minimum Gasteiger partial charge on any atom is -0.368 e. The van der Waals surface area contributed by atoms with Crippen molar-refractivity contribution in [3.63, 3.8) is 0 Å². The van der Waals surface area contributed by atoms with Crippen molar-refractivity contribution in [2.45, 2.75) is 90.2 Å². The van der Waals surface area contributed by atoms with Crippen LogP contribution in [0.1, 0.15) is 65.9 Å². The van der Waals surface area contributed by atoms with Crippen LogP contribution in [0.25, 0.3) is 0 Å². The van der Waals surface area contributed by atoms with Gasteiger partial charge in [0.05, 0.1) is 5.60 Å². The number of hydrogen-bond acceptors (Lipinski definition) is 6. The van der Waals surface area contributed by atoms with Crippen molar-refractivity contribution < 1.29 is 24.2 Å². The Morgan fingerprint density at radius 1 is 1.28 bits per heavy atom. The van der Waals surface area contributed by atoms with E-state index >= 15 is 0 Å². The van der Waals surface area contributed by atoms with Crippen molar-refractivity contribution in [1.29, 1.82) is 0 Å². The zero-order chi connectivity index (χ0) is 26.7. The molecule has 2 unspecified atom stereocenters. The normalized spacial score (nSPS) is 23.5.